The fourth-order valence-electron chi connectivity index (χ4n) is 2.02. The third kappa shape index (κ3) is 3.78. The third-order valence-electron chi connectivity index (χ3n) is 2.99. The molecule has 0 saturated carbocycles. The number of hydrogen-bond acceptors (Lipinski definition) is 4. The quantitative estimate of drug-likeness (QED) is 0.732. The summed E-state index contributed by atoms with van der Waals surface area (Å²) >= 11 is 3.41. The zero-order valence-corrected chi connectivity index (χ0v) is 14.7. The molecular weight excluding hydrogens is 380 g/mol. The molecule has 0 fully saturated rings. The van der Waals surface area contributed by atoms with Gasteiger partial charge < -0.3 is 9.30 Å². The molecule has 0 radical (unpaired) electrons. The van der Waals surface area contributed by atoms with Crippen LogP contribution in [0.2, 0.25) is 0 Å². The van der Waals surface area contributed by atoms with E-state index >= 15 is 0 Å². The first-order valence-corrected chi connectivity index (χ1v) is 9.28. The van der Waals surface area contributed by atoms with Crippen molar-refractivity contribution in [3.05, 3.63) is 40.3 Å². The molecule has 0 saturated heterocycles. The normalized spacial score (nSPS) is 11.6. The van der Waals surface area contributed by atoms with E-state index in [9.17, 15) is 8.42 Å². The zero-order valence-electron chi connectivity index (χ0n) is 11.5. The Morgan fingerprint density at radius 1 is 1.43 bits per heavy atom. The lowest BCUT2D eigenvalue weighted by Gasteiger charge is -2.11. The van der Waals surface area contributed by atoms with Crippen molar-refractivity contribution in [3.8, 4) is 5.75 Å². The Hall–Kier alpha value is -1.05. The molecule has 1 aromatic heterocycles. The van der Waals surface area contributed by atoms with Gasteiger partial charge in [-0.25, -0.2) is 13.4 Å². The number of rotatable bonds is 5. The average Bonchev–Trinajstić information content (AvgIpc) is 2.82. The lowest BCUT2D eigenvalue weighted by atomic mass is 10.2. The topological polar surface area (TPSA) is 61.2 Å². The minimum atomic E-state index is -3.83. The fourth-order valence-corrected chi connectivity index (χ4v) is 3.12. The molecule has 1 aromatic carbocycles. The van der Waals surface area contributed by atoms with Crippen molar-refractivity contribution in [3.63, 3.8) is 0 Å². The van der Waals surface area contributed by atoms with E-state index in [-0.39, 0.29) is 5.03 Å². The molecular formula is C13H14BrClN2O3S. The number of ether oxygens (including phenoxy) is 1. The molecule has 2 aromatic rings. The van der Waals surface area contributed by atoms with Gasteiger partial charge in [-0.3, -0.25) is 0 Å². The van der Waals surface area contributed by atoms with E-state index in [1.165, 1.54) is 6.20 Å². The summed E-state index contributed by atoms with van der Waals surface area (Å²) in [6.07, 6.45) is 2.05. The van der Waals surface area contributed by atoms with E-state index < -0.39 is 9.05 Å². The molecule has 8 heteroatoms. The monoisotopic (exact) mass is 392 g/mol. The van der Waals surface area contributed by atoms with Crippen LogP contribution in [0, 0.1) is 0 Å². The minimum absolute atomic E-state index is 0.130. The zero-order chi connectivity index (χ0) is 15.6. The first kappa shape index (κ1) is 16.3. The number of imidazole rings is 1. The summed E-state index contributed by atoms with van der Waals surface area (Å²) in [4.78, 5) is 4.06. The van der Waals surface area contributed by atoms with E-state index in [0.29, 0.717) is 18.8 Å². The molecule has 114 valence electrons. The number of benzene rings is 1. The van der Waals surface area contributed by atoms with Crippen molar-refractivity contribution in [1.29, 1.82) is 0 Å². The Morgan fingerprint density at radius 3 is 2.71 bits per heavy atom. The summed E-state index contributed by atoms with van der Waals surface area (Å²) in [6.45, 7) is 2.35. The molecule has 5 nitrogen and oxygen atoms in total. The van der Waals surface area contributed by atoms with E-state index in [2.05, 4.69) is 20.9 Å². The number of halogens is 2. The van der Waals surface area contributed by atoms with Crippen LogP contribution in [0.5, 0.6) is 5.75 Å². The van der Waals surface area contributed by atoms with Crippen molar-refractivity contribution >= 4 is 35.7 Å². The molecule has 0 unspecified atom stereocenters. The summed E-state index contributed by atoms with van der Waals surface area (Å²) in [5, 5.41) is -0.130. The summed E-state index contributed by atoms with van der Waals surface area (Å²) in [5.41, 5.74) is 0.914. The highest BCUT2D eigenvalue weighted by atomic mass is 79.9. The number of aromatic nitrogens is 2. The van der Waals surface area contributed by atoms with Gasteiger partial charge in [0.1, 0.15) is 11.6 Å². The molecule has 1 heterocycles. The molecule has 0 amide bonds. The third-order valence-corrected chi connectivity index (χ3v) is 4.65. The van der Waals surface area contributed by atoms with Crippen LogP contribution in [0.15, 0.2) is 33.9 Å². The Kier molecular flexibility index (Phi) is 4.95. The van der Waals surface area contributed by atoms with Gasteiger partial charge in [0.15, 0.2) is 5.03 Å². The standard InChI is InChI=1S/C13H14BrClN2O3S/c1-3-12-16-13(21(15,18)19)8-17(12)7-9-6-10(14)4-5-11(9)20-2/h4-6,8H,3,7H2,1-2H3. The fraction of sp³-hybridized carbons (Fsp3) is 0.308. The second-order valence-corrected chi connectivity index (χ2v) is 7.80. The Bertz CT molecular complexity index is 759. The molecule has 0 spiro atoms. The summed E-state index contributed by atoms with van der Waals surface area (Å²) in [7, 11) is 3.11. The minimum Gasteiger partial charge on any atom is -0.496 e. The highest BCUT2D eigenvalue weighted by molar-refractivity contribution is 9.10. The number of aryl methyl sites for hydroxylation is 1. The first-order valence-electron chi connectivity index (χ1n) is 6.18. The average molecular weight is 394 g/mol. The summed E-state index contributed by atoms with van der Waals surface area (Å²) in [6, 6.07) is 5.65. The lowest BCUT2D eigenvalue weighted by molar-refractivity contribution is 0.408. The number of methoxy groups -OCH3 is 1. The van der Waals surface area contributed by atoms with E-state index in [4.69, 9.17) is 15.4 Å². The molecule has 0 aliphatic rings. The SMILES string of the molecule is CCc1nc(S(=O)(=O)Cl)cn1Cc1cc(Br)ccc1OC. The van der Waals surface area contributed by atoms with Crippen LogP contribution in [0.25, 0.3) is 0 Å². The largest absolute Gasteiger partial charge is 0.496 e. The van der Waals surface area contributed by atoms with Crippen LogP contribution in [0.3, 0.4) is 0 Å². The molecule has 0 aliphatic carbocycles. The highest BCUT2D eigenvalue weighted by Crippen LogP contribution is 2.25. The van der Waals surface area contributed by atoms with Crippen LogP contribution in [0.1, 0.15) is 18.3 Å². The van der Waals surface area contributed by atoms with Crippen LogP contribution in [-0.4, -0.2) is 25.1 Å². The molecule has 0 bridgehead atoms. The van der Waals surface area contributed by atoms with Gasteiger partial charge in [0.25, 0.3) is 9.05 Å². The predicted octanol–water partition coefficient (Wildman–Crippen LogP) is 3.19. The van der Waals surface area contributed by atoms with Gasteiger partial charge >= 0.3 is 0 Å². The molecule has 0 N–H and O–H groups in total. The maximum absolute atomic E-state index is 11.4. The predicted molar refractivity (Wildman–Crippen MR) is 84.4 cm³/mol. The molecule has 0 aliphatic heterocycles. The highest BCUT2D eigenvalue weighted by Gasteiger charge is 2.18. The Balaban J connectivity index is 2.44. The maximum atomic E-state index is 11.4. The van der Waals surface area contributed by atoms with Crippen LogP contribution >= 0.6 is 26.6 Å². The van der Waals surface area contributed by atoms with E-state index in [1.54, 1.807) is 11.7 Å². The van der Waals surface area contributed by atoms with Crippen LogP contribution < -0.4 is 4.74 Å². The first-order chi connectivity index (χ1) is 9.85. The smallest absolute Gasteiger partial charge is 0.280 e. The van der Waals surface area contributed by atoms with E-state index in [1.807, 2.05) is 25.1 Å². The van der Waals surface area contributed by atoms with Gasteiger partial charge in [0, 0.05) is 33.3 Å². The Labute approximate surface area is 136 Å². The van der Waals surface area contributed by atoms with Gasteiger partial charge in [0.05, 0.1) is 13.7 Å². The maximum Gasteiger partial charge on any atom is 0.280 e. The van der Waals surface area contributed by atoms with Crippen LogP contribution in [0.4, 0.5) is 0 Å². The van der Waals surface area contributed by atoms with Gasteiger partial charge in [-0.05, 0) is 18.2 Å². The van der Waals surface area contributed by atoms with E-state index in [0.717, 1.165) is 15.8 Å². The lowest BCUT2D eigenvalue weighted by Crippen LogP contribution is -2.04. The second kappa shape index (κ2) is 6.37. The second-order valence-electron chi connectivity index (χ2n) is 4.37. The molecule has 2 rings (SSSR count). The number of nitrogens with zero attached hydrogens (tertiary/aromatic N) is 2. The van der Waals surface area contributed by atoms with Crippen LogP contribution in [-0.2, 0) is 22.0 Å². The molecule has 0 atom stereocenters. The van der Waals surface area contributed by atoms with Gasteiger partial charge in [-0.2, -0.15) is 0 Å². The van der Waals surface area contributed by atoms with Gasteiger partial charge in [-0.1, -0.05) is 22.9 Å². The Morgan fingerprint density at radius 2 is 2.14 bits per heavy atom. The van der Waals surface area contributed by atoms with Crippen molar-refractivity contribution in [2.45, 2.75) is 24.9 Å². The van der Waals surface area contributed by atoms with Crippen molar-refractivity contribution in [1.82, 2.24) is 9.55 Å². The summed E-state index contributed by atoms with van der Waals surface area (Å²) < 4.78 is 30.8. The van der Waals surface area contributed by atoms with Crippen molar-refractivity contribution in [2.75, 3.05) is 7.11 Å². The van der Waals surface area contributed by atoms with Gasteiger partial charge in [0.2, 0.25) is 0 Å². The van der Waals surface area contributed by atoms with Crippen molar-refractivity contribution < 1.29 is 13.2 Å². The number of hydrogen-bond donors (Lipinski definition) is 0. The molecule has 21 heavy (non-hydrogen) atoms. The van der Waals surface area contributed by atoms with Gasteiger partial charge in [-0.15, -0.1) is 0 Å². The van der Waals surface area contributed by atoms with Crippen molar-refractivity contribution in [2.24, 2.45) is 0 Å². The summed E-state index contributed by atoms with van der Waals surface area (Å²) in [5.74, 6) is 1.38.